The molecule has 0 aromatic carbocycles. The Morgan fingerprint density at radius 1 is 1.27 bits per heavy atom. The molecule has 1 nitrogen and oxygen atoms in total. The molecular weight excluding hydrogens is 136 g/mol. The van der Waals surface area contributed by atoms with Crippen LogP contribution in [0, 0.1) is 11.8 Å². The van der Waals surface area contributed by atoms with E-state index in [1.54, 1.807) is 0 Å². The molecule has 0 aromatic heterocycles. The lowest BCUT2D eigenvalue weighted by Crippen LogP contribution is -2.22. The molecule has 0 radical (unpaired) electrons. The lowest BCUT2D eigenvalue weighted by molar-refractivity contribution is -0.125. The van der Waals surface area contributed by atoms with Crippen LogP contribution in [-0.4, -0.2) is 5.78 Å². The van der Waals surface area contributed by atoms with Gasteiger partial charge in [-0.15, -0.1) is 0 Å². The van der Waals surface area contributed by atoms with Crippen molar-refractivity contribution in [2.75, 3.05) is 0 Å². The molecule has 1 heteroatoms. The molecular formula is C10H14O. The Hall–Kier alpha value is -0.590. The SMILES string of the molecule is O=C1C2C=CCC1CCCC2. The van der Waals surface area contributed by atoms with E-state index in [9.17, 15) is 4.79 Å². The van der Waals surface area contributed by atoms with Gasteiger partial charge in [-0.1, -0.05) is 25.0 Å². The zero-order valence-corrected chi connectivity index (χ0v) is 6.75. The highest BCUT2D eigenvalue weighted by Gasteiger charge is 2.29. The van der Waals surface area contributed by atoms with E-state index in [1.165, 1.54) is 12.8 Å². The highest BCUT2D eigenvalue weighted by Crippen LogP contribution is 2.31. The van der Waals surface area contributed by atoms with Crippen molar-refractivity contribution >= 4 is 5.78 Å². The average Bonchev–Trinajstić information content (AvgIpc) is 2.17. The van der Waals surface area contributed by atoms with Gasteiger partial charge in [-0.3, -0.25) is 4.79 Å². The molecule has 1 saturated carbocycles. The maximum Gasteiger partial charge on any atom is 0.143 e. The zero-order chi connectivity index (χ0) is 7.68. The Kier molecular flexibility index (Phi) is 1.80. The molecule has 1 fully saturated rings. The van der Waals surface area contributed by atoms with E-state index in [2.05, 4.69) is 12.2 Å². The van der Waals surface area contributed by atoms with Gasteiger partial charge in [0, 0.05) is 11.8 Å². The zero-order valence-electron chi connectivity index (χ0n) is 6.75. The van der Waals surface area contributed by atoms with Crippen LogP contribution in [0.15, 0.2) is 12.2 Å². The molecule has 0 spiro atoms. The Balaban J connectivity index is 2.21. The summed E-state index contributed by atoms with van der Waals surface area (Å²) >= 11 is 0. The summed E-state index contributed by atoms with van der Waals surface area (Å²) in [7, 11) is 0. The number of Topliss-reactive ketones (excluding diaryl/α,β-unsaturated/α-hetero) is 1. The first kappa shape index (κ1) is 7.08. The van der Waals surface area contributed by atoms with Gasteiger partial charge in [0.25, 0.3) is 0 Å². The number of allylic oxidation sites excluding steroid dienone is 2. The molecule has 0 heterocycles. The topological polar surface area (TPSA) is 17.1 Å². The van der Waals surface area contributed by atoms with E-state index >= 15 is 0 Å². The van der Waals surface area contributed by atoms with Crippen molar-refractivity contribution in [2.24, 2.45) is 11.8 Å². The van der Waals surface area contributed by atoms with Crippen molar-refractivity contribution in [3.05, 3.63) is 12.2 Å². The molecule has 11 heavy (non-hydrogen) atoms. The number of ketones is 1. The normalized spacial score (nSPS) is 36.9. The second kappa shape index (κ2) is 2.80. The molecule has 0 amide bonds. The van der Waals surface area contributed by atoms with Crippen molar-refractivity contribution in [3.63, 3.8) is 0 Å². The van der Waals surface area contributed by atoms with Gasteiger partial charge in [0.15, 0.2) is 0 Å². The van der Waals surface area contributed by atoms with Crippen molar-refractivity contribution in [2.45, 2.75) is 32.1 Å². The number of fused-ring (bicyclic) bond motifs is 2. The van der Waals surface area contributed by atoms with Gasteiger partial charge >= 0.3 is 0 Å². The standard InChI is InChI=1S/C10H14O/c11-10-8-4-1-2-5-9(10)7-3-6-8/h3,6,8-9H,1-2,4-5,7H2. The summed E-state index contributed by atoms with van der Waals surface area (Å²) in [5.41, 5.74) is 0. The van der Waals surface area contributed by atoms with Gasteiger partial charge in [0.1, 0.15) is 5.78 Å². The van der Waals surface area contributed by atoms with E-state index in [1.807, 2.05) is 0 Å². The number of rotatable bonds is 0. The first-order valence-electron chi connectivity index (χ1n) is 4.58. The smallest absolute Gasteiger partial charge is 0.143 e. The molecule has 2 unspecified atom stereocenters. The third-order valence-electron chi connectivity index (χ3n) is 2.87. The molecule has 2 atom stereocenters. The van der Waals surface area contributed by atoms with Gasteiger partial charge < -0.3 is 0 Å². The highest BCUT2D eigenvalue weighted by molar-refractivity contribution is 5.86. The van der Waals surface area contributed by atoms with E-state index in [-0.39, 0.29) is 5.92 Å². The fourth-order valence-corrected chi connectivity index (χ4v) is 2.17. The van der Waals surface area contributed by atoms with Crippen LogP contribution in [0.3, 0.4) is 0 Å². The summed E-state index contributed by atoms with van der Waals surface area (Å²) in [5.74, 6) is 1.19. The number of hydrogen-bond acceptors (Lipinski definition) is 1. The average molecular weight is 150 g/mol. The molecule has 2 aliphatic rings. The van der Waals surface area contributed by atoms with Gasteiger partial charge in [0.05, 0.1) is 0 Å². The third kappa shape index (κ3) is 1.24. The Bertz CT molecular complexity index is 193. The maximum absolute atomic E-state index is 11.6. The molecule has 60 valence electrons. The van der Waals surface area contributed by atoms with E-state index in [0.717, 1.165) is 19.3 Å². The summed E-state index contributed by atoms with van der Waals surface area (Å²) in [6.07, 6.45) is 10.1. The Morgan fingerprint density at radius 2 is 2.09 bits per heavy atom. The molecule has 2 aliphatic carbocycles. The predicted molar refractivity (Wildman–Crippen MR) is 44.2 cm³/mol. The largest absolute Gasteiger partial charge is 0.299 e. The van der Waals surface area contributed by atoms with Crippen molar-refractivity contribution in [3.8, 4) is 0 Å². The van der Waals surface area contributed by atoms with E-state index < -0.39 is 0 Å². The number of carbonyl (C=O) groups is 1. The maximum atomic E-state index is 11.6. The summed E-state index contributed by atoms with van der Waals surface area (Å²) in [6, 6.07) is 0. The molecule has 2 bridgehead atoms. The van der Waals surface area contributed by atoms with Crippen LogP contribution in [0.5, 0.6) is 0 Å². The summed E-state index contributed by atoms with van der Waals surface area (Å²) in [6.45, 7) is 0. The quantitative estimate of drug-likeness (QED) is 0.484. The fourth-order valence-electron chi connectivity index (χ4n) is 2.17. The van der Waals surface area contributed by atoms with Gasteiger partial charge in [-0.2, -0.15) is 0 Å². The lowest BCUT2D eigenvalue weighted by Gasteiger charge is -2.18. The van der Waals surface area contributed by atoms with Crippen LogP contribution >= 0.6 is 0 Å². The number of carbonyl (C=O) groups excluding carboxylic acids is 1. The second-order valence-electron chi connectivity index (χ2n) is 3.65. The monoisotopic (exact) mass is 150 g/mol. The van der Waals surface area contributed by atoms with Crippen LogP contribution in [-0.2, 0) is 4.79 Å². The highest BCUT2D eigenvalue weighted by atomic mass is 16.1. The van der Waals surface area contributed by atoms with Crippen LogP contribution in [0.25, 0.3) is 0 Å². The van der Waals surface area contributed by atoms with Crippen LogP contribution < -0.4 is 0 Å². The van der Waals surface area contributed by atoms with Gasteiger partial charge in [-0.05, 0) is 19.3 Å². The van der Waals surface area contributed by atoms with Crippen LogP contribution in [0.2, 0.25) is 0 Å². The second-order valence-corrected chi connectivity index (χ2v) is 3.65. The third-order valence-corrected chi connectivity index (χ3v) is 2.87. The fraction of sp³-hybridized carbons (Fsp3) is 0.700. The molecule has 0 saturated heterocycles. The molecule has 0 aliphatic heterocycles. The first-order valence-corrected chi connectivity index (χ1v) is 4.58. The van der Waals surface area contributed by atoms with Gasteiger partial charge in [0.2, 0.25) is 0 Å². The Morgan fingerprint density at radius 3 is 3.00 bits per heavy atom. The van der Waals surface area contributed by atoms with Crippen LogP contribution in [0.1, 0.15) is 32.1 Å². The minimum atomic E-state index is 0.288. The van der Waals surface area contributed by atoms with E-state index in [0.29, 0.717) is 11.7 Å². The van der Waals surface area contributed by atoms with E-state index in [4.69, 9.17) is 0 Å². The van der Waals surface area contributed by atoms with Crippen molar-refractivity contribution in [1.29, 1.82) is 0 Å². The molecule has 2 rings (SSSR count). The minimum absolute atomic E-state index is 0.288. The van der Waals surface area contributed by atoms with Gasteiger partial charge in [-0.25, -0.2) is 0 Å². The first-order chi connectivity index (χ1) is 5.38. The Labute approximate surface area is 67.5 Å². The van der Waals surface area contributed by atoms with Crippen molar-refractivity contribution in [1.82, 2.24) is 0 Å². The molecule has 0 aromatic rings. The van der Waals surface area contributed by atoms with Crippen molar-refractivity contribution < 1.29 is 4.79 Å². The predicted octanol–water partition coefficient (Wildman–Crippen LogP) is 2.32. The minimum Gasteiger partial charge on any atom is -0.299 e. The summed E-state index contributed by atoms with van der Waals surface area (Å²) in [5, 5.41) is 0. The number of hydrogen-bond donors (Lipinski definition) is 0. The van der Waals surface area contributed by atoms with Crippen LogP contribution in [0.4, 0.5) is 0 Å². The summed E-state index contributed by atoms with van der Waals surface area (Å²) < 4.78 is 0. The summed E-state index contributed by atoms with van der Waals surface area (Å²) in [4.78, 5) is 11.6. The lowest BCUT2D eigenvalue weighted by atomic mass is 9.84. The molecule has 0 N–H and O–H groups in total.